The summed E-state index contributed by atoms with van der Waals surface area (Å²) in [5.41, 5.74) is 0.800. The number of nitrogens with zero attached hydrogens (tertiary/aromatic N) is 1. The van der Waals surface area contributed by atoms with Crippen molar-refractivity contribution in [3.63, 3.8) is 0 Å². The predicted octanol–water partition coefficient (Wildman–Crippen LogP) is 3.23. The van der Waals surface area contributed by atoms with Gasteiger partial charge in [0.05, 0.1) is 5.25 Å². The van der Waals surface area contributed by atoms with Crippen LogP contribution in [0.25, 0.3) is 0 Å². The maximum Gasteiger partial charge on any atom is 0.182 e. The van der Waals surface area contributed by atoms with Crippen molar-refractivity contribution < 1.29 is 4.79 Å². The molecule has 2 aliphatic rings. The molecule has 1 aliphatic heterocycles. The Labute approximate surface area is 97.5 Å². The minimum absolute atomic E-state index is 0.266. The average molecular weight is 239 g/mol. The van der Waals surface area contributed by atoms with Gasteiger partial charge in [0.15, 0.2) is 5.78 Å². The molecule has 1 atom stereocenters. The van der Waals surface area contributed by atoms with Crippen LogP contribution in [-0.4, -0.2) is 16.5 Å². The summed E-state index contributed by atoms with van der Waals surface area (Å²) in [5, 5.41) is 1.78. The number of aryl methyl sites for hydroxylation is 1. The van der Waals surface area contributed by atoms with Gasteiger partial charge >= 0.3 is 0 Å². The Morgan fingerprint density at radius 1 is 1.27 bits per heavy atom. The number of hydrogen-bond acceptors (Lipinski definition) is 4. The molecule has 0 spiro atoms. The van der Waals surface area contributed by atoms with E-state index in [4.69, 9.17) is 0 Å². The van der Waals surface area contributed by atoms with Gasteiger partial charge < -0.3 is 0 Å². The summed E-state index contributed by atoms with van der Waals surface area (Å²) in [4.78, 5) is 17.5. The third-order valence-corrected chi connectivity index (χ3v) is 5.75. The zero-order valence-electron chi connectivity index (χ0n) is 8.49. The van der Waals surface area contributed by atoms with Gasteiger partial charge in [0.1, 0.15) is 10.7 Å². The molecule has 4 heteroatoms. The van der Waals surface area contributed by atoms with Crippen molar-refractivity contribution in [3.05, 3.63) is 15.6 Å². The SMILES string of the molecule is O=C1CCCc2sc(C3CCCS3)nc21. The molecule has 1 unspecified atom stereocenters. The zero-order valence-corrected chi connectivity index (χ0v) is 10.1. The molecule has 80 valence electrons. The third-order valence-electron chi connectivity index (χ3n) is 2.99. The van der Waals surface area contributed by atoms with Crippen molar-refractivity contribution in [2.45, 2.75) is 37.4 Å². The van der Waals surface area contributed by atoms with Crippen LogP contribution in [0.15, 0.2) is 0 Å². The summed E-state index contributed by atoms with van der Waals surface area (Å²) in [5.74, 6) is 1.52. The van der Waals surface area contributed by atoms with Gasteiger partial charge in [-0.1, -0.05) is 0 Å². The van der Waals surface area contributed by atoms with Crippen LogP contribution < -0.4 is 0 Å². The van der Waals surface area contributed by atoms with E-state index in [2.05, 4.69) is 4.98 Å². The predicted molar refractivity (Wildman–Crippen MR) is 63.8 cm³/mol. The first-order valence-corrected chi connectivity index (χ1v) is 7.35. The lowest BCUT2D eigenvalue weighted by molar-refractivity contribution is 0.0968. The van der Waals surface area contributed by atoms with Gasteiger partial charge in [0.25, 0.3) is 0 Å². The molecule has 0 saturated carbocycles. The highest BCUT2D eigenvalue weighted by Crippen LogP contribution is 2.43. The molecule has 0 aromatic carbocycles. The second kappa shape index (κ2) is 3.91. The Morgan fingerprint density at radius 2 is 2.20 bits per heavy atom. The Balaban J connectivity index is 1.94. The molecule has 3 rings (SSSR count). The van der Waals surface area contributed by atoms with E-state index in [1.165, 1.54) is 28.5 Å². The summed E-state index contributed by atoms with van der Waals surface area (Å²) < 4.78 is 0. The van der Waals surface area contributed by atoms with Gasteiger partial charge in [0.2, 0.25) is 0 Å². The number of rotatable bonds is 1. The van der Waals surface area contributed by atoms with Gasteiger partial charge in [0, 0.05) is 11.3 Å². The van der Waals surface area contributed by atoms with E-state index in [1.807, 2.05) is 11.8 Å². The van der Waals surface area contributed by atoms with E-state index >= 15 is 0 Å². The second-order valence-electron chi connectivity index (χ2n) is 4.10. The molecule has 0 N–H and O–H groups in total. The van der Waals surface area contributed by atoms with Crippen LogP contribution in [0.5, 0.6) is 0 Å². The van der Waals surface area contributed by atoms with E-state index in [-0.39, 0.29) is 5.78 Å². The Morgan fingerprint density at radius 3 is 2.93 bits per heavy atom. The van der Waals surface area contributed by atoms with Gasteiger partial charge in [-0.2, -0.15) is 11.8 Å². The molecule has 0 amide bonds. The molecular formula is C11H13NOS2. The molecule has 1 fully saturated rings. The fraction of sp³-hybridized carbons (Fsp3) is 0.636. The minimum Gasteiger partial charge on any atom is -0.292 e. The number of ketones is 1. The van der Waals surface area contributed by atoms with Gasteiger partial charge in [-0.25, -0.2) is 4.98 Å². The van der Waals surface area contributed by atoms with Gasteiger partial charge in [-0.15, -0.1) is 11.3 Å². The third kappa shape index (κ3) is 1.74. The Bertz CT molecular complexity index is 393. The fourth-order valence-electron chi connectivity index (χ4n) is 2.20. The van der Waals surface area contributed by atoms with Crippen LogP contribution in [-0.2, 0) is 6.42 Å². The largest absolute Gasteiger partial charge is 0.292 e. The first-order valence-electron chi connectivity index (χ1n) is 5.49. The molecular weight excluding hydrogens is 226 g/mol. The van der Waals surface area contributed by atoms with Crippen LogP contribution in [0.3, 0.4) is 0 Å². The maximum absolute atomic E-state index is 11.7. The van der Waals surface area contributed by atoms with E-state index in [0.29, 0.717) is 11.7 Å². The topological polar surface area (TPSA) is 30.0 Å². The summed E-state index contributed by atoms with van der Waals surface area (Å²) >= 11 is 3.78. The lowest BCUT2D eigenvalue weighted by Gasteiger charge is -2.06. The smallest absolute Gasteiger partial charge is 0.182 e. The summed E-state index contributed by atoms with van der Waals surface area (Å²) in [7, 11) is 0. The van der Waals surface area contributed by atoms with E-state index in [9.17, 15) is 4.79 Å². The molecule has 0 bridgehead atoms. The summed E-state index contributed by atoms with van der Waals surface area (Å²) in [6.07, 6.45) is 5.33. The molecule has 2 heterocycles. The number of aromatic nitrogens is 1. The highest BCUT2D eigenvalue weighted by molar-refractivity contribution is 7.99. The molecule has 1 aromatic rings. The van der Waals surface area contributed by atoms with Crippen LogP contribution in [0.4, 0.5) is 0 Å². The van der Waals surface area contributed by atoms with Crippen molar-refractivity contribution in [1.82, 2.24) is 4.98 Å². The number of thioether (sulfide) groups is 1. The van der Waals surface area contributed by atoms with Crippen LogP contribution >= 0.6 is 23.1 Å². The lowest BCUT2D eigenvalue weighted by Crippen LogP contribution is -2.09. The lowest BCUT2D eigenvalue weighted by atomic mass is 10.0. The van der Waals surface area contributed by atoms with Crippen LogP contribution in [0, 0.1) is 0 Å². The molecule has 1 aliphatic carbocycles. The Hall–Kier alpha value is -0.350. The average Bonchev–Trinajstić information content (AvgIpc) is 2.86. The van der Waals surface area contributed by atoms with Crippen LogP contribution in [0.1, 0.15) is 51.3 Å². The number of hydrogen-bond donors (Lipinski definition) is 0. The zero-order chi connectivity index (χ0) is 10.3. The molecule has 2 nitrogen and oxygen atoms in total. The highest BCUT2D eigenvalue weighted by Gasteiger charge is 2.27. The summed E-state index contributed by atoms with van der Waals surface area (Å²) in [6, 6.07) is 0. The Kier molecular flexibility index (Phi) is 2.56. The molecule has 1 aromatic heterocycles. The van der Waals surface area contributed by atoms with E-state index < -0.39 is 0 Å². The first kappa shape index (κ1) is 9.85. The van der Waals surface area contributed by atoms with Crippen molar-refractivity contribution in [3.8, 4) is 0 Å². The number of carbonyl (C=O) groups is 1. The van der Waals surface area contributed by atoms with E-state index in [0.717, 1.165) is 18.5 Å². The number of Topliss-reactive ketones (excluding diaryl/α,β-unsaturated/α-hetero) is 1. The molecule has 1 saturated heterocycles. The standard InChI is InChI=1S/C11H13NOS2/c13-7-3-1-4-8-10(7)12-11(15-8)9-5-2-6-14-9/h9H,1-6H2. The van der Waals surface area contributed by atoms with Crippen LogP contribution in [0.2, 0.25) is 0 Å². The van der Waals surface area contributed by atoms with E-state index in [1.54, 1.807) is 11.3 Å². The van der Waals surface area contributed by atoms with Crippen molar-refractivity contribution in [1.29, 1.82) is 0 Å². The number of fused-ring (bicyclic) bond motifs is 1. The van der Waals surface area contributed by atoms with Gasteiger partial charge in [-0.3, -0.25) is 4.79 Å². The normalized spacial score (nSPS) is 25.6. The van der Waals surface area contributed by atoms with Crippen molar-refractivity contribution in [2.24, 2.45) is 0 Å². The molecule has 0 radical (unpaired) electrons. The maximum atomic E-state index is 11.7. The highest BCUT2D eigenvalue weighted by atomic mass is 32.2. The monoisotopic (exact) mass is 239 g/mol. The first-order chi connectivity index (χ1) is 7.34. The van der Waals surface area contributed by atoms with Crippen molar-refractivity contribution in [2.75, 3.05) is 5.75 Å². The van der Waals surface area contributed by atoms with Gasteiger partial charge in [-0.05, 0) is 31.4 Å². The fourth-order valence-corrected chi connectivity index (χ4v) is 4.83. The van der Waals surface area contributed by atoms with Crippen molar-refractivity contribution >= 4 is 28.9 Å². The molecule has 15 heavy (non-hydrogen) atoms. The summed E-state index contributed by atoms with van der Waals surface area (Å²) in [6.45, 7) is 0. The second-order valence-corrected chi connectivity index (χ2v) is 6.53. The quantitative estimate of drug-likeness (QED) is 0.753. The number of thiazole rings is 1. The number of carbonyl (C=O) groups excluding carboxylic acids is 1. The minimum atomic E-state index is 0.266.